The monoisotopic (exact) mass is 329 g/mol. The lowest BCUT2D eigenvalue weighted by molar-refractivity contribution is 0.102. The van der Waals surface area contributed by atoms with Crippen molar-refractivity contribution in [2.45, 2.75) is 6.92 Å². The average molecular weight is 329 g/mol. The summed E-state index contributed by atoms with van der Waals surface area (Å²) in [6, 6.07) is 18.1. The summed E-state index contributed by atoms with van der Waals surface area (Å²) in [5.74, 6) is -0.0335. The molecule has 2 aromatic carbocycles. The van der Waals surface area contributed by atoms with E-state index in [1.807, 2.05) is 31.2 Å². The van der Waals surface area contributed by atoms with Gasteiger partial charge in [-0.25, -0.2) is 9.97 Å². The molecule has 0 saturated carbocycles. The van der Waals surface area contributed by atoms with Gasteiger partial charge in [-0.05, 0) is 48.9 Å². The Labute approximate surface area is 145 Å². The molecule has 1 amide bonds. The number of benzene rings is 2. The van der Waals surface area contributed by atoms with Gasteiger partial charge in [0.15, 0.2) is 0 Å². The van der Waals surface area contributed by atoms with Crippen molar-refractivity contribution in [2.75, 3.05) is 10.6 Å². The molecule has 3 rings (SSSR count). The number of nitriles is 1. The van der Waals surface area contributed by atoms with E-state index < -0.39 is 0 Å². The largest absolute Gasteiger partial charge is 0.324 e. The van der Waals surface area contributed by atoms with Crippen LogP contribution in [-0.2, 0) is 0 Å². The molecule has 0 unspecified atom stereocenters. The predicted octanol–water partition coefficient (Wildman–Crippen LogP) is 3.65. The minimum absolute atomic E-state index is 0.246. The molecule has 0 aliphatic rings. The maximum Gasteiger partial charge on any atom is 0.274 e. The van der Waals surface area contributed by atoms with Crippen LogP contribution in [0.2, 0.25) is 0 Å². The van der Waals surface area contributed by atoms with E-state index in [9.17, 15) is 4.79 Å². The number of nitrogens with one attached hydrogen (secondary N) is 2. The van der Waals surface area contributed by atoms with Crippen LogP contribution in [-0.4, -0.2) is 15.9 Å². The molecule has 122 valence electrons. The van der Waals surface area contributed by atoms with Crippen molar-refractivity contribution in [1.82, 2.24) is 9.97 Å². The summed E-state index contributed by atoms with van der Waals surface area (Å²) in [5, 5.41) is 14.7. The van der Waals surface area contributed by atoms with Gasteiger partial charge in [0.1, 0.15) is 5.69 Å². The first kappa shape index (κ1) is 16.1. The zero-order valence-corrected chi connectivity index (χ0v) is 13.5. The van der Waals surface area contributed by atoms with E-state index in [1.165, 1.54) is 6.20 Å². The lowest BCUT2D eigenvalue weighted by Gasteiger charge is -2.08. The third-order valence-electron chi connectivity index (χ3n) is 3.41. The highest BCUT2D eigenvalue weighted by Crippen LogP contribution is 2.15. The maximum atomic E-state index is 12.4. The van der Waals surface area contributed by atoms with Crippen molar-refractivity contribution in [3.63, 3.8) is 0 Å². The van der Waals surface area contributed by atoms with E-state index in [0.717, 1.165) is 5.56 Å². The third kappa shape index (κ3) is 4.18. The molecule has 3 aromatic rings. The Hall–Kier alpha value is -3.72. The summed E-state index contributed by atoms with van der Waals surface area (Å²) in [6.45, 7) is 1.96. The zero-order valence-electron chi connectivity index (χ0n) is 13.5. The Morgan fingerprint density at radius 3 is 2.68 bits per heavy atom. The minimum Gasteiger partial charge on any atom is -0.324 e. The van der Waals surface area contributed by atoms with Crippen LogP contribution in [0.15, 0.2) is 60.8 Å². The number of rotatable bonds is 4. The van der Waals surface area contributed by atoms with Crippen LogP contribution in [0, 0.1) is 18.3 Å². The molecule has 0 aliphatic carbocycles. The molecule has 25 heavy (non-hydrogen) atoms. The van der Waals surface area contributed by atoms with Crippen LogP contribution in [0.5, 0.6) is 0 Å². The SMILES string of the molecule is Cc1cccc(NC(=O)c2ccnc(Nc3cccc(C#N)c3)n2)c1. The topological polar surface area (TPSA) is 90.7 Å². The summed E-state index contributed by atoms with van der Waals surface area (Å²) in [7, 11) is 0. The fraction of sp³-hybridized carbons (Fsp3) is 0.0526. The minimum atomic E-state index is -0.318. The Balaban J connectivity index is 1.76. The first-order chi connectivity index (χ1) is 12.1. The van der Waals surface area contributed by atoms with Crippen LogP contribution < -0.4 is 10.6 Å². The lowest BCUT2D eigenvalue weighted by Crippen LogP contribution is -2.14. The van der Waals surface area contributed by atoms with Gasteiger partial charge in [-0.1, -0.05) is 18.2 Å². The number of carbonyl (C=O) groups is 1. The standard InChI is InChI=1S/C19H15N5O/c1-13-4-2-6-15(10-13)22-18(25)17-8-9-21-19(24-17)23-16-7-3-5-14(11-16)12-20/h2-11H,1H3,(H,22,25)(H,21,23,24). The summed E-state index contributed by atoms with van der Waals surface area (Å²) in [6.07, 6.45) is 1.51. The number of amides is 1. The summed E-state index contributed by atoms with van der Waals surface area (Å²) in [5.41, 5.74) is 3.21. The highest BCUT2D eigenvalue weighted by atomic mass is 16.1. The summed E-state index contributed by atoms with van der Waals surface area (Å²) >= 11 is 0. The molecular formula is C19H15N5O. The second-order valence-corrected chi connectivity index (χ2v) is 5.41. The van der Waals surface area contributed by atoms with Crippen LogP contribution in [0.25, 0.3) is 0 Å². The highest BCUT2D eigenvalue weighted by Gasteiger charge is 2.09. The van der Waals surface area contributed by atoms with Crippen LogP contribution in [0.1, 0.15) is 21.6 Å². The van der Waals surface area contributed by atoms with Gasteiger partial charge in [0.05, 0.1) is 11.6 Å². The summed E-state index contributed by atoms with van der Waals surface area (Å²) in [4.78, 5) is 20.7. The molecular weight excluding hydrogens is 314 g/mol. The quantitative estimate of drug-likeness (QED) is 0.762. The Morgan fingerprint density at radius 1 is 1.08 bits per heavy atom. The van der Waals surface area contributed by atoms with E-state index >= 15 is 0 Å². The lowest BCUT2D eigenvalue weighted by atomic mass is 10.2. The molecule has 0 aliphatic heterocycles. The van der Waals surface area contributed by atoms with Gasteiger partial charge >= 0.3 is 0 Å². The van der Waals surface area contributed by atoms with E-state index in [4.69, 9.17) is 5.26 Å². The molecule has 0 bridgehead atoms. The predicted molar refractivity (Wildman–Crippen MR) is 95.6 cm³/mol. The van der Waals surface area contributed by atoms with Gasteiger partial charge in [-0.3, -0.25) is 4.79 Å². The Kier molecular flexibility index (Phi) is 4.67. The van der Waals surface area contributed by atoms with Crippen molar-refractivity contribution in [1.29, 1.82) is 5.26 Å². The van der Waals surface area contributed by atoms with E-state index in [0.29, 0.717) is 16.9 Å². The van der Waals surface area contributed by atoms with Crippen LogP contribution >= 0.6 is 0 Å². The van der Waals surface area contributed by atoms with Crippen molar-refractivity contribution < 1.29 is 4.79 Å². The smallest absolute Gasteiger partial charge is 0.274 e. The van der Waals surface area contributed by atoms with Gasteiger partial charge < -0.3 is 10.6 Å². The van der Waals surface area contributed by atoms with Gasteiger partial charge in [-0.15, -0.1) is 0 Å². The van der Waals surface area contributed by atoms with Crippen molar-refractivity contribution in [3.8, 4) is 6.07 Å². The normalized spacial score (nSPS) is 9.92. The zero-order chi connectivity index (χ0) is 17.6. The first-order valence-corrected chi connectivity index (χ1v) is 7.62. The van der Waals surface area contributed by atoms with Crippen molar-refractivity contribution >= 4 is 23.2 Å². The van der Waals surface area contributed by atoms with Crippen LogP contribution in [0.4, 0.5) is 17.3 Å². The molecule has 0 atom stereocenters. The Morgan fingerprint density at radius 2 is 1.88 bits per heavy atom. The van der Waals surface area contributed by atoms with Crippen molar-refractivity contribution in [3.05, 3.63) is 77.6 Å². The molecule has 1 heterocycles. The number of hydrogen-bond donors (Lipinski definition) is 2. The van der Waals surface area contributed by atoms with Crippen LogP contribution in [0.3, 0.4) is 0 Å². The number of anilines is 3. The molecule has 0 fully saturated rings. The molecule has 0 spiro atoms. The van der Waals surface area contributed by atoms with E-state index in [1.54, 1.807) is 30.3 Å². The number of hydrogen-bond acceptors (Lipinski definition) is 5. The second-order valence-electron chi connectivity index (χ2n) is 5.41. The fourth-order valence-electron chi connectivity index (χ4n) is 2.26. The van der Waals surface area contributed by atoms with Gasteiger partial charge in [-0.2, -0.15) is 5.26 Å². The highest BCUT2D eigenvalue weighted by molar-refractivity contribution is 6.03. The van der Waals surface area contributed by atoms with Crippen molar-refractivity contribution in [2.24, 2.45) is 0 Å². The number of carbonyl (C=O) groups excluding carboxylic acids is 1. The molecule has 6 heteroatoms. The van der Waals surface area contributed by atoms with E-state index in [-0.39, 0.29) is 17.5 Å². The number of aryl methyl sites for hydroxylation is 1. The summed E-state index contributed by atoms with van der Waals surface area (Å²) < 4.78 is 0. The maximum absolute atomic E-state index is 12.4. The Bertz CT molecular complexity index is 962. The second kappa shape index (κ2) is 7.23. The molecule has 2 N–H and O–H groups in total. The molecule has 6 nitrogen and oxygen atoms in total. The van der Waals surface area contributed by atoms with Gasteiger partial charge in [0.2, 0.25) is 5.95 Å². The molecule has 1 aromatic heterocycles. The van der Waals surface area contributed by atoms with Gasteiger partial charge in [0.25, 0.3) is 5.91 Å². The molecule has 0 radical (unpaired) electrons. The average Bonchev–Trinajstić information content (AvgIpc) is 2.62. The molecule has 0 saturated heterocycles. The van der Waals surface area contributed by atoms with Gasteiger partial charge in [0, 0.05) is 17.6 Å². The van der Waals surface area contributed by atoms with E-state index in [2.05, 4.69) is 26.7 Å². The number of aromatic nitrogens is 2. The number of nitrogens with zero attached hydrogens (tertiary/aromatic N) is 3. The first-order valence-electron chi connectivity index (χ1n) is 7.62. The fourth-order valence-corrected chi connectivity index (χ4v) is 2.26. The third-order valence-corrected chi connectivity index (χ3v) is 3.41.